The number of nitrogens with two attached hydrogens (primary N) is 1. The first kappa shape index (κ1) is 11.2. The molecule has 5 nitrogen and oxygen atoms in total. The molecule has 0 aliphatic rings. The zero-order chi connectivity index (χ0) is 11.5. The first-order valence-electron chi connectivity index (χ1n) is 5.30. The molecule has 0 aliphatic carbocycles. The van der Waals surface area contributed by atoms with Gasteiger partial charge in [-0.2, -0.15) is 5.10 Å². The van der Waals surface area contributed by atoms with Crippen molar-refractivity contribution in [2.45, 2.75) is 24.9 Å². The van der Waals surface area contributed by atoms with Gasteiger partial charge in [-0.15, -0.1) is 0 Å². The summed E-state index contributed by atoms with van der Waals surface area (Å²) in [6, 6.07) is 0. The minimum atomic E-state index is 0.511. The fraction of sp³-hybridized carbons (Fsp3) is 0.500. The molecule has 6 heteroatoms. The molecule has 0 fully saturated rings. The maximum absolute atomic E-state index is 5.86. The average molecular weight is 237 g/mol. The molecule has 0 saturated carbocycles. The van der Waals surface area contributed by atoms with Crippen molar-refractivity contribution in [2.75, 3.05) is 11.5 Å². The van der Waals surface area contributed by atoms with Crippen molar-refractivity contribution < 1.29 is 0 Å². The van der Waals surface area contributed by atoms with E-state index in [0.717, 1.165) is 28.4 Å². The smallest absolute Gasteiger partial charge is 0.191 e. The standard InChI is InChI=1S/C10H15N5S/c1-3-4-5-16-10-13-8(11)7-6-12-15(2)9(7)14-10/h6H,3-5H2,1-2H3,(H2,11,13,14). The highest BCUT2D eigenvalue weighted by atomic mass is 32.2. The normalized spacial score (nSPS) is 11.1. The summed E-state index contributed by atoms with van der Waals surface area (Å²) in [4.78, 5) is 8.70. The molecule has 2 heterocycles. The van der Waals surface area contributed by atoms with Gasteiger partial charge in [-0.1, -0.05) is 25.1 Å². The van der Waals surface area contributed by atoms with E-state index < -0.39 is 0 Å². The van der Waals surface area contributed by atoms with Crippen molar-refractivity contribution >= 4 is 28.6 Å². The second-order valence-electron chi connectivity index (χ2n) is 3.60. The monoisotopic (exact) mass is 237 g/mol. The highest BCUT2D eigenvalue weighted by Crippen LogP contribution is 2.22. The molecule has 0 radical (unpaired) electrons. The van der Waals surface area contributed by atoms with E-state index in [1.165, 1.54) is 6.42 Å². The Bertz CT molecular complexity index is 493. The molecule has 0 saturated heterocycles. The molecule has 0 atom stereocenters. The van der Waals surface area contributed by atoms with Crippen LogP contribution in [0.4, 0.5) is 5.82 Å². The Hall–Kier alpha value is -1.30. The number of nitrogen functional groups attached to an aromatic ring is 1. The lowest BCUT2D eigenvalue weighted by Gasteiger charge is -2.02. The van der Waals surface area contributed by atoms with E-state index in [2.05, 4.69) is 22.0 Å². The third kappa shape index (κ3) is 2.11. The van der Waals surface area contributed by atoms with Crippen LogP contribution in [-0.2, 0) is 7.05 Å². The largest absolute Gasteiger partial charge is 0.383 e. The molecule has 2 aromatic heterocycles. The fourth-order valence-corrected chi connectivity index (χ4v) is 2.33. The predicted molar refractivity (Wildman–Crippen MR) is 66.3 cm³/mol. The second-order valence-corrected chi connectivity index (χ2v) is 4.66. The van der Waals surface area contributed by atoms with Crippen molar-refractivity contribution in [2.24, 2.45) is 7.05 Å². The number of nitrogens with zero attached hydrogens (tertiary/aromatic N) is 4. The van der Waals surface area contributed by atoms with Gasteiger partial charge < -0.3 is 5.73 Å². The third-order valence-corrected chi connectivity index (χ3v) is 3.26. The number of fused-ring (bicyclic) bond motifs is 1. The number of hydrogen-bond donors (Lipinski definition) is 1. The number of aryl methyl sites for hydroxylation is 1. The predicted octanol–water partition coefficient (Wildman–Crippen LogP) is 1.84. The molecule has 0 bridgehead atoms. The number of unbranched alkanes of at least 4 members (excludes halogenated alkanes) is 1. The topological polar surface area (TPSA) is 69.6 Å². The van der Waals surface area contributed by atoms with Crippen molar-refractivity contribution in [1.82, 2.24) is 19.7 Å². The van der Waals surface area contributed by atoms with Gasteiger partial charge in [0.25, 0.3) is 0 Å². The first-order valence-corrected chi connectivity index (χ1v) is 6.29. The Morgan fingerprint density at radius 1 is 1.44 bits per heavy atom. The number of rotatable bonds is 4. The van der Waals surface area contributed by atoms with Gasteiger partial charge in [0, 0.05) is 12.8 Å². The Morgan fingerprint density at radius 2 is 2.25 bits per heavy atom. The van der Waals surface area contributed by atoms with Crippen LogP contribution in [0.15, 0.2) is 11.4 Å². The van der Waals surface area contributed by atoms with Gasteiger partial charge in [-0.05, 0) is 6.42 Å². The lowest BCUT2D eigenvalue weighted by Crippen LogP contribution is -1.99. The van der Waals surface area contributed by atoms with Gasteiger partial charge >= 0.3 is 0 Å². The number of aromatic nitrogens is 4. The maximum Gasteiger partial charge on any atom is 0.191 e. The van der Waals surface area contributed by atoms with Crippen LogP contribution in [0, 0.1) is 0 Å². The van der Waals surface area contributed by atoms with Crippen LogP contribution in [0.25, 0.3) is 11.0 Å². The molecule has 0 aromatic carbocycles. The fourth-order valence-electron chi connectivity index (χ4n) is 1.40. The third-order valence-electron chi connectivity index (χ3n) is 2.33. The summed E-state index contributed by atoms with van der Waals surface area (Å²) in [7, 11) is 1.86. The molecule has 2 rings (SSSR count). The second kappa shape index (κ2) is 4.69. The van der Waals surface area contributed by atoms with Crippen LogP contribution in [0.1, 0.15) is 19.8 Å². The summed E-state index contributed by atoms with van der Waals surface area (Å²) in [6.07, 6.45) is 4.04. The summed E-state index contributed by atoms with van der Waals surface area (Å²) in [5.74, 6) is 1.54. The van der Waals surface area contributed by atoms with Crippen LogP contribution in [-0.4, -0.2) is 25.5 Å². The SMILES string of the molecule is CCCCSc1nc(N)c2cnn(C)c2n1. The summed E-state index contributed by atoms with van der Waals surface area (Å²) < 4.78 is 1.72. The minimum absolute atomic E-state index is 0.511. The van der Waals surface area contributed by atoms with Crippen molar-refractivity contribution in [3.8, 4) is 0 Å². The Kier molecular flexibility index (Phi) is 3.28. The molecule has 0 spiro atoms. The van der Waals surface area contributed by atoms with Crippen molar-refractivity contribution in [1.29, 1.82) is 0 Å². The minimum Gasteiger partial charge on any atom is -0.383 e. The Morgan fingerprint density at radius 3 is 3.00 bits per heavy atom. The molecular formula is C10H15N5S. The molecule has 86 valence electrons. The van der Waals surface area contributed by atoms with E-state index in [1.54, 1.807) is 22.6 Å². The molecular weight excluding hydrogens is 222 g/mol. The van der Waals surface area contributed by atoms with Gasteiger partial charge in [0.05, 0.1) is 11.6 Å². The zero-order valence-electron chi connectivity index (χ0n) is 9.47. The Balaban J connectivity index is 2.29. The van der Waals surface area contributed by atoms with Gasteiger partial charge in [0.2, 0.25) is 0 Å². The summed E-state index contributed by atoms with van der Waals surface area (Å²) in [5, 5.41) is 5.68. The van der Waals surface area contributed by atoms with Gasteiger partial charge in [0.1, 0.15) is 5.82 Å². The molecule has 0 aliphatic heterocycles. The number of thioether (sulfide) groups is 1. The number of hydrogen-bond acceptors (Lipinski definition) is 5. The van der Waals surface area contributed by atoms with Crippen molar-refractivity contribution in [3.05, 3.63) is 6.20 Å². The van der Waals surface area contributed by atoms with Crippen LogP contribution in [0.2, 0.25) is 0 Å². The maximum atomic E-state index is 5.86. The van der Waals surface area contributed by atoms with Crippen LogP contribution < -0.4 is 5.73 Å². The molecule has 16 heavy (non-hydrogen) atoms. The Labute approximate surface area is 98.4 Å². The quantitative estimate of drug-likeness (QED) is 0.499. The highest BCUT2D eigenvalue weighted by molar-refractivity contribution is 7.99. The summed E-state index contributed by atoms with van der Waals surface area (Å²) in [5.41, 5.74) is 6.65. The van der Waals surface area contributed by atoms with E-state index >= 15 is 0 Å². The van der Waals surface area contributed by atoms with Crippen LogP contribution in [0.5, 0.6) is 0 Å². The molecule has 2 aromatic rings. The first-order chi connectivity index (χ1) is 7.72. The molecule has 0 amide bonds. The van der Waals surface area contributed by atoms with Gasteiger partial charge in [0.15, 0.2) is 10.8 Å². The average Bonchev–Trinajstić information content (AvgIpc) is 2.62. The van der Waals surface area contributed by atoms with E-state index in [4.69, 9.17) is 5.73 Å². The van der Waals surface area contributed by atoms with E-state index in [0.29, 0.717) is 5.82 Å². The molecule has 2 N–H and O–H groups in total. The lowest BCUT2D eigenvalue weighted by atomic mass is 10.4. The van der Waals surface area contributed by atoms with Crippen LogP contribution in [0.3, 0.4) is 0 Å². The van der Waals surface area contributed by atoms with Gasteiger partial charge in [-0.25, -0.2) is 9.97 Å². The van der Waals surface area contributed by atoms with E-state index in [-0.39, 0.29) is 0 Å². The van der Waals surface area contributed by atoms with E-state index in [1.807, 2.05) is 7.05 Å². The summed E-state index contributed by atoms with van der Waals surface area (Å²) >= 11 is 1.64. The van der Waals surface area contributed by atoms with Gasteiger partial charge in [-0.3, -0.25) is 4.68 Å². The van der Waals surface area contributed by atoms with Crippen molar-refractivity contribution in [3.63, 3.8) is 0 Å². The highest BCUT2D eigenvalue weighted by Gasteiger charge is 2.08. The van der Waals surface area contributed by atoms with E-state index in [9.17, 15) is 0 Å². The lowest BCUT2D eigenvalue weighted by molar-refractivity contribution is 0.777. The zero-order valence-corrected chi connectivity index (χ0v) is 10.3. The molecule has 0 unspecified atom stereocenters. The summed E-state index contributed by atoms with van der Waals surface area (Å²) in [6.45, 7) is 2.17. The van der Waals surface area contributed by atoms with Crippen LogP contribution >= 0.6 is 11.8 Å². The number of anilines is 1.